The van der Waals surface area contributed by atoms with Crippen LogP contribution in [0, 0.1) is 0 Å². The van der Waals surface area contributed by atoms with Gasteiger partial charge in [0.05, 0.1) is 11.0 Å². The zero-order valence-electron chi connectivity index (χ0n) is 23.8. The predicted molar refractivity (Wildman–Crippen MR) is 185 cm³/mol. The zero-order chi connectivity index (χ0) is 29.5. The van der Waals surface area contributed by atoms with Gasteiger partial charge in [-0.05, 0) is 30.3 Å². The minimum Gasteiger partial charge on any atom is -0.456 e. The third kappa shape index (κ3) is 3.70. The van der Waals surface area contributed by atoms with Crippen LogP contribution >= 0.6 is 11.3 Å². The van der Waals surface area contributed by atoms with Gasteiger partial charge in [-0.25, -0.2) is 4.98 Å². The molecule has 10 rings (SSSR count). The van der Waals surface area contributed by atoms with E-state index in [0.29, 0.717) is 17.6 Å². The average molecular weight is 595 g/mol. The number of hydrogen-bond acceptors (Lipinski definition) is 5. The lowest BCUT2D eigenvalue weighted by molar-refractivity contribution is 0.670. The summed E-state index contributed by atoms with van der Waals surface area (Å²) in [5.41, 5.74) is 5.61. The molecule has 0 unspecified atom stereocenters. The van der Waals surface area contributed by atoms with Crippen LogP contribution in [0.5, 0.6) is 0 Å². The van der Waals surface area contributed by atoms with E-state index >= 15 is 0 Å². The Hall–Kier alpha value is -5.85. The molecule has 5 nitrogen and oxygen atoms in total. The highest BCUT2D eigenvalue weighted by Crippen LogP contribution is 2.42. The molecule has 0 amide bonds. The second kappa shape index (κ2) is 9.32. The normalized spacial score (nSPS) is 12.0. The SMILES string of the molecule is c1ccc(-c2nc(-c3ccccc3)nc(-n3c4ccccc4c4cc5c(cc43)oc3cc4c(cc35)sc3ccccc34)n2)cc1. The van der Waals surface area contributed by atoms with E-state index in [1.807, 2.05) is 72.0 Å². The van der Waals surface area contributed by atoms with E-state index in [-0.39, 0.29) is 0 Å². The lowest BCUT2D eigenvalue weighted by Gasteiger charge is -2.10. The van der Waals surface area contributed by atoms with Crippen molar-refractivity contribution in [1.29, 1.82) is 0 Å². The van der Waals surface area contributed by atoms with Gasteiger partial charge in [0.25, 0.3) is 0 Å². The van der Waals surface area contributed by atoms with Crippen molar-refractivity contribution >= 4 is 75.3 Å². The topological polar surface area (TPSA) is 56.7 Å². The lowest BCUT2D eigenvalue weighted by atomic mass is 10.1. The lowest BCUT2D eigenvalue weighted by Crippen LogP contribution is -2.06. The standard InChI is InChI=1S/C39H22N4OS/c1-3-11-23(12-4-1)37-40-38(24-13-5-2-6-14-24)42-39(41-37)43-31-17-9-7-15-25(31)27-19-28-29-21-36-30(26-16-8-10-18-35(26)45-36)20-33(29)44-34(28)22-32(27)43/h1-22H. The maximum atomic E-state index is 6.60. The van der Waals surface area contributed by atoms with Gasteiger partial charge in [-0.3, -0.25) is 4.57 Å². The van der Waals surface area contributed by atoms with Gasteiger partial charge in [-0.1, -0.05) is 97.1 Å². The van der Waals surface area contributed by atoms with Crippen molar-refractivity contribution in [2.24, 2.45) is 0 Å². The van der Waals surface area contributed by atoms with Gasteiger partial charge in [0.2, 0.25) is 5.95 Å². The first-order valence-corrected chi connectivity index (χ1v) is 15.7. The summed E-state index contributed by atoms with van der Waals surface area (Å²) in [5, 5.41) is 6.98. The van der Waals surface area contributed by atoms with E-state index in [1.165, 1.54) is 20.2 Å². The van der Waals surface area contributed by atoms with Crippen LogP contribution in [0.2, 0.25) is 0 Å². The molecule has 0 radical (unpaired) electrons. The summed E-state index contributed by atoms with van der Waals surface area (Å²) in [5.74, 6) is 1.82. The Balaban J connectivity index is 1.27. The van der Waals surface area contributed by atoms with Crippen LogP contribution in [0.3, 0.4) is 0 Å². The maximum absolute atomic E-state index is 6.60. The van der Waals surface area contributed by atoms with E-state index in [0.717, 1.165) is 54.9 Å². The van der Waals surface area contributed by atoms with E-state index in [9.17, 15) is 0 Å². The summed E-state index contributed by atoms with van der Waals surface area (Å²) >= 11 is 1.83. The molecule has 0 atom stereocenters. The Labute approximate surface area is 260 Å². The third-order valence-corrected chi connectivity index (χ3v) is 9.78. The highest BCUT2D eigenvalue weighted by atomic mass is 32.1. The van der Waals surface area contributed by atoms with Crippen LogP contribution in [0.4, 0.5) is 0 Å². The molecule has 0 N–H and O–H groups in total. The van der Waals surface area contributed by atoms with Crippen LogP contribution in [0.15, 0.2) is 138 Å². The molecule has 0 aliphatic carbocycles. The Morgan fingerprint density at radius 3 is 1.82 bits per heavy atom. The number of para-hydroxylation sites is 1. The minimum absolute atomic E-state index is 0.566. The van der Waals surface area contributed by atoms with Crippen molar-refractivity contribution in [2.45, 2.75) is 0 Å². The molecule has 4 aromatic heterocycles. The number of aromatic nitrogens is 4. The van der Waals surface area contributed by atoms with Crippen LogP contribution in [0.25, 0.3) is 92.6 Å². The summed E-state index contributed by atoms with van der Waals surface area (Å²) < 4.78 is 11.3. The first-order chi connectivity index (χ1) is 22.3. The molecule has 210 valence electrons. The van der Waals surface area contributed by atoms with Crippen molar-refractivity contribution in [3.8, 4) is 28.7 Å². The Morgan fingerprint density at radius 1 is 0.444 bits per heavy atom. The van der Waals surface area contributed by atoms with Crippen molar-refractivity contribution in [2.75, 3.05) is 0 Å². The number of nitrogens with zero attached hydrogens (tertiary/aromatic N) is 4. The van der Waals surface area contributed by atoms with Crippen molar-refractivity contribution in [3.05, 3.63) is 133 Å². The average Bonchev–Trinajstić information content (AvgIpc) is 3.75. The molecule has 0 aliphatic heterocycles. The van der Waals surface area contributed by atoms with Gasteiger partial charge in [0.15, 0.2) is 11.6 Å². The number of furan rings is 1. The zero-order valence-corrected chi connectivity index (χ0v) is 24.6. The predicted octanol–water partition coefficient (Wildman–Crippen LogP) is 10.6. The van der Waals surface area contributed by atoms with Crippen molar-refractivity contribution < 1.29 is 4.42 Å². The van der Waals surface area contributed by atoms with Gasteiger partial charge in [0, 0.05) is 58.9 Å². The number of fused-ring (bicyclic) bond motifs is 9. The molecular weight excluding hydrogens is 573 g/mol. The molecule has 4 heterocycles. The molecule has 0 spiro atoms. The highest BCUT2D eigenvalue weighted by Gasteiger charge is 2.20. The fraction of sp³-hybridized carbons (Fsp3) is 0. The van der Waals surface area contributed by atoms with E-state index < -0.39 is 0 Å². The van der Waals surface area contributed by atoms with E-state index in [4.69, 9.17) is 19.4 Å². The van der Waals surface area contributed by atoms with Crippen LogP contribution in [-0.2, 0) is 0 Å². The Morgan fingerprint density at radius 2 is 1.07 bits per heavy atom. The van der Waals surface area contributed by atoms with E-state index in [2.05, 4.69) is 77.4 Å². The second-order valence-corrected chi connectivity index (χ2v) is 12.4. The van der Waals surface area contributed by atoms with Crippen molar-refractivity contribution in [3.63, 3.8) is 0 Å². The molecule has 0 fully saturated rings. The van der Waals surface area contributed by atoms with Gasteiger partial charge in [-0.2, -0.15) is 9.97 Å². The quantitative estimate of drug-likeness (QED) is 0.204. The second-order valence-electron chi connectivity index (χ2n) is 11.3. The van der Waals surface area contributed by atoms with Crippen LogP contribution < -0.4 is 0 Å². The highest BCUT2D eigenvalue weighted by molar-refractivity contribution is 7.25. The molecule has 0 saturated carbocycles. The minimum atomic E-state index is 0.566. The Bertz CT molecular complexity index is 2700. The molecule has 0 bridgehead atoms. The van der Waals surface area contributed by atoms with E-state index in [1.54, 1.807) is 0 Å². The van der Waals surface area contributed by atoms with Crippen molar-refractivity contribution in [1.82, 2.24) is 19.5 Å². The van der Waals surface area contributed by atoms with Gasteiger partial charge >= 0.3 is 0 Å². The van der Waals surface area contributed by atoms with Crippen LogP contribution in [-0.4, -0.2) is 19.5 Å². The summed E-state index contributed by atoms with van der Waals surface area (Å²) in [6, 6.07) is 46.1. The smallest absolute Gasteiger partial charge is 0.238 e. The Kier molecular flexibility index (Phi) is 5.09. The molecular formula is C39H22N4OS. The molecule has 0 saturated heterocycles. The summed E-state index contributed by atoms with van der Waals surface area (Å²) in [7, 11) is 0. The molecule has 45 heavy (non-hydrogen) atoms. The summed E-state index contributed by atoms with van der Waals surface area (Å²) in [4.78, 5) is 15.0. The fourth-order valence-corrected chi connectivity index (χ4v) is 7.70. The number of rotatable bonds is 3. The van der Waals surface area contributed by atoms with Gasteiger partial charge in [0.1, 0.15) is 11.2 Å². The largest absolute Gasteiger partial charge is 0.456 e. The molecule has 0 aliphatic rings. The van der Waals surface area contributed by atoms with Gasteiger partial charge in [-0.15, -0.1) is 11.3 Å². The fourth-order valence-electron chi connectivity index (χ4n) is 6.57. The summed E-state index contributed by atoms with van der Waals surface area (Å²) in [6.07, 6.45) is 0. The monoisotopic (exact) mass is 594 g/mol. The third-order valence-electron chi connectivity index (χ3n) is 8.65. The summed E-state index contributed by atoms with van der Waals surface area (Å²) in [6.45, 7) is 0. The number of benzene rings is 6. The number of thiophene rings is 1. The first kappa shape index (κ1) is 24.6. The van der Waals surface area contributed by atoms with Crippen LogP contribution in [0.1, 0.15) is 0 Å². The first-order valence-electron chi connectivity index (χ1n) is 14.9. The van der Waals surface area contributed by atoms with Gasteiger partial charge < -0.3 is 4.42 Å². The molecule has 6 aromatic carbocycles. The number of hydrogen-bond donors (Lipinski definition) is 0. The molecule has 6 heteroatoms. The maximum Gasteiger partial charge on any atom is 0.238 e. The molecule has 10 aromatic rings.